The fourth-order valence-electron chi connectivity index (χ4n) is 2.63. The van der Waals surface area contributed by atoms with Crippen molar-refractivity contribution in [1.82, 2.24) is 15.1 Å². The molecule has 0 aromatic rings. The van der Waals surface area contributed by atoms with E-state index in [-0.39, 0.29) is 0 Å². The molecule has 1 aliphatic heterocycles. The molecule has 1 heterocycles. The monoisotopic (exact) mass is 237 g/mol. The average molecular weight is 237 g/mol. The van der Waals surface area contributed by atoms with Crippen molar-refractivity contribution in [2.24, 2.45) is 0 Å². The minimum atomic E-state index is 0.693. The molecule has 0 aromatic heterocycles. The van der Waals surface area contributed by atoms with Gasteiger partial charge in [0, 0.05) is 44.8 Å². The lowest BCUT2D eigenvalue weighted by atomic mass is 10.1. The molecular formula is C14H27N3. The van der Waals surface area contributed by atoms with Crippen molar-refractivity contribution >= 4 is 0 Å². The molecular weight excluding hydrogens is 210 g/mol. The van der Waals surface area contributed by atoms with E-state index in [9.17, 15) is 0 Å². The van der Waals surface area contributed by atoms with Crippen molar-refractivity contribution in [1.29, 1.82) is 0 Å². The van der Waals surface area contributed by atoms with Gasteiger partial charge < -0.3 is 5.32 Å². The normalized spacial score (nSPS) is 27.3. The first kappa shape index (κ1) is 13.1. The van der Waals surface area contributed by atoms with Crippen LogP contribution in [0, 0.1) is 0 Å². The molecule has 1 saturated carbocycles. The molecule has 1 aliphatic carbocycles. The van der Waals surface area contributed by atoms with Gasteiger partial charge in [-0.1, -0.05) is 13.5 Å². The number of likely N-dealkylation sites (N-methyl/N-ethyl adjacent to an activating group) is 1. The molecule has 2 aliphatic rings. The topological polar surface area (TPSA) is 18.5 Å². The first-order valence-electron chi connectivity index (χ1n) is 7.05. The van der Waals surface area contributed by atoms with Crippen LogP contribution in [0.25, 0.3) is 0 Å². The van der Waals surface area contributed by atoms with Gasteiger partial charge in [0.05, 0.1) is 0 Å². The minimum Gasteiger partial charge on any atom is -0.310 e. The summed E-state index contributed by atoms with van der Waals surface area (Å²) in [6.07, 6.45) is 2.72. The van der Waals surface area contributed by atoms with E-state index in [0.717, 1.165) is 19.1 Å². The highest BCUT2D eigenvalue weighted by Gasteiger charge is 2.23. The number of rotatable bonds is 6. The van der Waals surface area contributed by atoms with Crippen LogP contribution >= 0.6 is 0 Å². The van der Waals surface area contributed by atoms with Crippen LogP contribution in [0.4, 0.5) is 0 Å². The second kappa shape index (κ2) is 5.98. The quantitative estimate of drug-likeness (QED) is 0.703. The van der Waals surface area contributed by atoms with Gasteiger partial charge in [-0.05, 0) is 31.9 Å². The van der Waals surface area contributed by atoms with Gasteiger partial charge >= 0.3 is 0 Å². The van der Waals surface area contributed by atoms with Crippen molar-refractivity contribution in [3.63, 3.8) is 0 Å². The number of hydrogen-bond donors (Lipinski definition) is 1. The maximum absolute atomic E-state index is 4.19. The van der Waals surface area contributed by atoms with Crippen LogP contribution in [0.1, 0.15) is 26.7 Å². The Hall–Kier alpha value is -0.380. The first-order chi connectivity index (χ1) is 8.19. The Labute approximate surface area is 106 Å². The SMILES string of the molecule is C=C(CNC1CC1)CN1CCN(CC)C(C)C1. The van der Waals surface area contributed by atoms with Crippen LogP contribution in [-0.4, -0.2) is 61.2 Å². The minimum absolute atomic E-state index is 0.693. The van der Waals surface area contributed by atoms with Crippen molar-refractivity contribution in [2.75, 3.05) is 39.3 Å². The number of nitrogens with zero attached hydrogens (tertiary/aromatic N) is 2. The van der Waals surface area contributed by atoms with Gasteiger partial charge in [-0.15, -0.1) is 0 Å². The molecule has 0 spiro atoms. The summed E-state index contributed by atoms with van der Waals surface area (Å²) in [6, 6.07) is 1.49. The van der Waals surface area contributed by atoms with E-state index in [1.54, 1.807) is 0 Å². The second-order valence-corrected chi connectivity index (χ2v) is 5.62. The molecule has 0 aromatic carbocycles. The zero-order valence-corrected chi connectivity index (χ0v) is 11.4. The summed E-state index contributed by atoms with van der Waals surface area (Å²) in [7, 11) is 0. The number of hydrogen-bond acceptors (Lipinski definition) is 3. The Bertz CT molecular complexity index is 260. The average Bonchev–Trinajstić information content (AvgIpc) is 3.10. The zero-order valence-electron chi connectivity index (χ0n) is 11.4. The van der Waals surface area contributed by atoms with Crippen LogP contribution < -0.4 is 5.32 Å². The lowest BCUT2D eigenvalue weighted by molar-refractivity contribution is 0.0941. The summed E-state index contributed by atoms with van der Waals surface area (Å²) in [5, 5.41) is 3.54. The summed E-state index contributed by atoms with van der Waals surface area (Å²) in [5.74, 6) is 0. The van der Waals surface area contributed by atoms with E-state index in [1.807, 2.05) is 0 Å². The fraction of sp³-hybridized carbons (Fsp3) is 0.857. The van der Waals surface area contributed by atoms with E-state index in [0.29, 0.717) is 6.04 Å². The highest BCUT2D eigenvalue weighted by Crippen LogP contribution is 2.18. The van der Waals surface area contributed by atoms with E-state index in [4.69, 9.17) is 0 Å². The highest BCUT2D eigenvalue weighted by atomic mass is 15.3. The van der Waals surface area contributed by atoms with Crippen LogP contribution in [-0.2, 0) is 0 Å². The molecule has 0 amide bonds. The molecule has 1 saturated heterocycles. The lowest BCUT2D eigenvalue weighted by Gasteiger charge is -2.39. The lowest BCUT2D eigenvalue weighted by Crippen LogP contribution is -2.52. The van der Waals surface area contributed by atoms with Crippen LogP contribution in [0.3, 0.4) is 0 Å². The third-order valence-electron chi connectivity index (χ3n) is 3.92. The van der Waals surface area contributed by atoms with E-state index >= 15 is 0 Å². The summed E-state index contributed by atoms with van der Waals surface area (Å²) in [6.45, 7) is 15.6. The smallest absolute Gasteiger partial charge is 0.0204 e. The summed E-state index contributed by atoms with van der Waals surface area (Å²) in [5.41, 5.74) is 1.34. The van der Waals surface area contributed by atoms with Gasteiger partial charge in [-0.25, -0.2) is 0 Å². The molecule has 3 nitrogen and oxygen atoms in total. The summed E-state index contributed by atoms with van der Waals surface area (Å²) < 4.78 is 0. The van der Waals surface area contributed by atoms with Crippen LogP contribution in [0.2, 0.25) is 0 Å². The van der Waals surface area contributed by atoms with Crippen LogP contribution in [0.15, 0.2) is 12.2 Å². The van der Waals surface area contributed by atoms with Crippen molar-refractivity contribution in [3.8, 4) is 0 Å². The van der Waals surface area contributed by atoms with Gasteiger partial charge in [0.25, 0.3) is 0 Å². The maximum Gasteiger partial charge on any atom is 0.0204 e. The predicted octanol–water partition coefficient (Wildman–Crippen LogP) is 1.32. The summed E-state index contributed by atoms with van der Waals surface area (Å²) in [4.78, 5) is 5.11. The third kappa shape index (κ3) is 4.09. The zero-order chi connectivity index (χ0) is 12.3. The molecule has 1 unspecified atom stereocenters. The molecule has 2 rings (SSSR count). The Morgan fingerprint density at radius 1 is 1.35 bits per heavy atom. The van der Waals surface area contributed by atoms with E-state index in [2.05, 4.69) is 35.5 Å². The first-order valence-corrected chi connectivity index (χ1v) is 7.05. The van der Waals surface area contributed by atoms with Gasteiger partial charge in [-0.2, -0.15) is 0 Å². The standard InChI is InChI=1S/C14H27N3/c1-4-17-8-7-16(11-13(17)3)10-12(2)9-15-14-5-6-14/h13-15H,2,4-11H2,1,3H3. The number of nitrogens with one attached hydrogen (secondary N) is 1. The Morgan fingerprint density at radius 3 is 2.71 bits per heavy atom. The molecule has 98 valence electrons. The van der Waals surface area contributed by atoms with E-state index < -0.39 is 0 Å². The van der Waals surface area contributed by atoms with Gasteiger partial charge in [0.1, 0.15) is 0 Å². The molecule has 0 radical (unpaired) electrons. The second-order valence-electron chi connectivity index (χ2n) is 5.62. The molecule has 17 heavy (non-hydrogen) atoms. The Kier molecular flexibility index (Phi) is 4.60. The molecule has 1 N–H and O–H groups in total. The van der Waals surface area contributed by atoms with Gasteiger partial charge in [0.2, 0.25) is 0 Å². The molecule has 2 fully saturated rings. The van der Waals surface area contributed by atoms with Gasteiger partial charge in [-0.3, -0.25) is 9.80 Å². The predicted molar refractivity (Wildman–Crippen MR) is 73.3 cm³/mol. The maximum atomic E-state index is 4.19. The Morgan fingerprint density at radius 2 is 2.12 bits per heavy atom. The number of piperazine rings is 1. The molecule has 0 bridgehead atoms. The molecule has 1 atom stereocenters. The fourth-order valence-corrected chi connectivity index (χ4v) is 2.63. The van der Waals surface area contributed by atoms with Gasteiger partial charge in [0.15, 0.2) is 0 Å². The third-order valence-corrected chi connectivity index (χ3v) is 3.92. The summed E-state index contributed by atoms with van der Waals surface area (Å²) >= 11 is 0. The van der Waals surface area contributed by atoms with Crippen molar-refractivity contribution in [2.45, 2.75) is 38.8 Å². The largest absolute Gasteiger partial charge is 0.310 e. The Balaban J connectivity index is 1.66. The van der Waals surface area contributed by atoms with Crippen LogP contribution in [0.5, 0.6) is 0 Å². The highest BCUT2D eigenvalue weighted by molar-refractivity contribution is 5.02. The van der Waals surface area contributed by atoms with Crippen molar-refractivity contribution in [3.05, 3.63) is 12.2 Å². The van der Waals surface area contributed by atoms with Crippen molar-refractivity contribution < 1.29 is 0 Å². The van der Waals surface area contributed by atoms with E-state index in [1.165, 1.54) is 44.6 Å². The molecule has 3 heteroatoms.